The van der Waals surface area contributed by atoms with Gasteiger partial charge in [0.2, 0.25) is 5.91 Å². The number of rotatable bonds is 6. The first kappa shape index (κ1) is 21.3. The summed E-state index contributed by atoms with van der Waals surface area (Å²) in [7, 11) is -3.06. The summed E-state index contributed by atoms with van der Waals surface area (Å²) in [6, 6.07) is 5.08. The molecule has 0 bridgehead atoms. The normalized spacial score (nSPS) is 18.5. The third-order valence-electron chi connectivity index (χ3n) is 4.83. The van der Waals surface area contributed by atoms with Crippen molar-refractivity contribution in [3.63, 3.8) is 0 Å². The van der Waals surface area contributed by atoms with Gasteiger partial charge in [-0.1, -0.05) is 27.7 Å². The highest BCUT2D eigenvalue weighted by Gasteiger charge is 2.33. The molecular formula is C18H22BrN3O4S2. The predicted molar refractivity (Wildman–Crippen MR) is 115 cm³/mol. The van der Waals surface area contributed by atoms with E-state index < -0.39 is 9.84 Å². The van der Waals surface area contributed by atoms with Crippen LogP contribution in [0.3, 0.4) is 0 Å². The fourth-order valence-corrected chi connectivity index (χ4v) is 6.47. The Morgan fingerprint density at radius 2 is 2.14 bits per heavy atom. The van der Waals surface area contributed by atoms with Crippen molar-refractivity contribution >= 4 is 54.3 Å². The van der Waals surface area contributed by atoms with Crippen LogP contribution in [0.4, 0.5) is 0 Å². The van der Waals surface area contributed by atoms with Gasteiger partial charge in [0, 0.05) is 23.6 Å². The summed E-state index contributed by atoms with van der Waals surface area (Å²) in [4.78, 5) is 31.7. The lowest BCUT2D eigenvalue weighted by Crippen LogP contribution is -2.42. The zero-order valence-corrected chi connectivity index (χ0v) is 18.9. The molecule has 1 unspecified atom stereocenters. The number of carbonyl (C=O) groups is 1. The van der Waals surface area contributed by atoms with E-state index in [1.54, 1.807) is 21.6 Å². The molecule has 0 aliphatic carbocycles. The third-order valence-corrected chi connectivity index (χ3v) is 8.04. The van der Waals surface area contributed by atoms with Crippen LogP contribution in [0.5, 0.6) is 0 Å². The highest BCUT2D eigenvalue weighted by Crippen LogP contribution is 2.23. The summed E-state index contributed by atoms with van der Waals surface area (Å²) < 4.78 is 25.8. The van der Waals surface area contributed by atoms with Crippen LogP contribution < -0.4 is 5.56 Å². The van der Waals surface area contributed by atoms with Crippen molar-refractivity contribution < 1.29 is 13.2 Å². The molecule has 1 aromatic carbocycles. The Morgan fingerprint density at radius 1 is 1.39 bits per heavy atom. The summed E-state index contributed by atoms with van der Waals surface area (Å²) in [6.45, 7) is 4.62. The van der Waals surface area contributed by atoms with Gasteiger partial charge < -0.3 is 4.90 Å². The Labute approximate surface area is 176 Å². The number of thioether (sulfide) groups is 1. The van der Waals surface area contributed by atoms with E-state index in [0.29, 0.717) is 35.6 Å². The number of amides is 1. The fraction of sp³-hybridized carbons (Fsp3) is 0.500. The Bertz CT molecular complexity index is 1070. The fourth-order valence-electron chi connectivity index (χ4n) is 3.43. The second kappa shape index (κ2) is 8.54. The molecule has 1 saturated heterocycles. The van der Waals surface area contributed by atoms with Gasteiger partial charge in [0.05, 0.1) is 28.2 Å². The van der Waals surface area contributed by atoms with Crippen molar-refractivity contribution in [2.24, 2.45) is 0 Å². The Kier molecular flexibility index (Phi) is 6.51. The number of fused-ring (bicyclic) bond motifs is 1. The average molecular weight is 488 g/mol. The molecule has 1 atom stereocenters. The van der Waals surface area contributed by atoms with E-state index in [2.05, 4.69) is 20.9 Å². The molecule has 3 rings (SSSR count). The minimum Gasteiger partial charge on any atom is -0.338 e. The molecule has 10 heteroatoms. The van der Waals surface area contributed by atoms with Gasteiger partial charge in [-0.3, -0.25) is 14.2 Å². The van der Waals surface area contributed by atoms with Crippen LogP contribution in [-0.4, -0.2) is 58.6 Å². The maximum atomic E-state index is 12.8. The quantitative estimate of drug-likeness (QED) is 0.458. The van der Waals surface area contributed by atoms with Gasteiger partial charge in [0.15, 0.2) is 15.0 Å². The molecule has 0 radical (unpaired) electrons. The highest BCUT2D eigenvalue weighted by molar-refractivity contribution is 9.10. The van der Waals surface area contributed by atoms with Gasteiger partial charge in [-0.15, -0.1) is 0 Å². The van der Waals surface area contributed by atoms with Crippen molar-refractivity contribution in [2.45, 2.75) is 38.0 Å². The van der Waals surface area contributed by atoms with E-state index in [1.807, 2.05) is 19.9 Å². The van der Waals surface area contributed by atoms with Gasteiger partial charge in [0.1, 0.15) is 0 Å². The Morgan fingerprint density at radius 3 is 2.75 bits per heavy atom. The number of carbonyl (C=O) groups excluding carboxylic acids is 1. The lowest BCUT2D eigenvalue weighted by molar-refractivity contribution is -0.129. The SMILES string of the molecule is CCN(C(=O)CSc1nc2ccc(Br)cc2c(=O)n1CC)C1CCS(=O)(=O)C1. The van der Waals surface area contributed by atoms with E-state index >= 15 is 0 Å². The summed E-state index contributed by atoms with van der Waals surface area (Å²) in [6.07, 6.45) is 0.481. The van der Waals surface area contributed by atoms with Crippen LogP contribution in [-0.2, 0) is 21.2 Å². The predicted octanol–water partition coefficient (Wildman–Crippen LogP) is 2.31. The maximum absolute atomic E-state index is 12.8. The van der Waals surface area contributed by atoms with Crippen molar-refractivity contribution in [2.75, 3.05) is 23.8 Å². The van der Waals surface area contributed by atoms with E-state index in [4.69, 9.17) is 0 Å². The van der Waals surface area contributed by atoms with Crippen molar-refractivity contribution in [1.29, 1.82) is 0 Å². The molecule has 152 valence electrons. The summed E-state index contributed by atoms with van der Waals surface area (Å²) in [5.41, 5.74) is 0.445. The summed E-state index contributed by atoms with van der Waals surface area (Å²) in [5.74, 6) is 0.132. The molecule has 2 heterocycles. The molecule has 0 spiro atoms. The molecule has 1 aromatic heterocycles. The number of hydrogen-bond acceptors (Lipinski definition) is 6. The monoisotopic (exact) mass is 487 g/mol. The first-order valence-corrected chi connectivity index (χ1v) is 12.7. The zero-order valence-electron chi connectivity index (χ0n) is 15.7. The van der Waals surface area contributed by atoms with Crippen LogP contribution in [0.25, 0.3) is 10.9 Å². The van der Waals surface area contributed by atoms with Crippen molar-refractivity contribution in [1.82, 2.24) is 14.5 Å². The van der Waals surface area contributed by atoms with Crippen molar-refractivity contribution in [3.8, 4) is 0 Å². The van der Waals surface area contributed by atoms with Crippen LogP contribution in [0.15, 0.2) is 32.6 Å². The van der Waals surface area contributed by atoms with Gasteiger partial charge >= 0.3 is 0 Å². The number of nitrogens with zero attached hydrogens (tertiary/aromatic N) is 3. The van der Waals surface area contributed by atoms with Gasteiger partial charge in [-0.2, -0.15) is 0 Å². The number of hydrogen-bond donors (Lipinski definition) is 0. The molecular weight excluding hydrogens is 466 g/mol. The molecule has 0 saturated carbocycles. The smallest absolute Gasteiger partial charge is 0.262 e. The Hall–Kier alpha value is -1.39. The van der Waals surface area contributed by atoms with Crippen LogP contribution in [0.2, 0.25) is 0 Å². The molecule has 7 nitrogen and oxygen atoms in total. The second-order valence-electron chi connectivity index (χ2n) is 6.63. The van der Waals surface area contributed by atoms with Crippen LogP contribution >= 0.6 is 27.7 Å². The first-order valence-electron chi connectivity index (χ1n) is 9.08. The van der Waals surface area contributed by atoms with E-state index in [9.17, 15) is 18.0 Å². The molecule has 1 aliphatic rings. The first-order chi connectivity index (χ1) is 13.3. The average Bonchev–Trinajstić information content (AvgIpc) is 3.00. The third kappa shape index (κ3) is 4.44. The topological polar surface area (TPSA) is 89.3 Å². The minimum absolute atomic E-state index is 0.0278. The van der Waals surface area contributed by atoms with E-state index in [1.165, 1.54) is 11.8 Å². The number of halogens is 1. The van der Waals surface area contributed by atoms with Gasteiger partial charge in [0.25, 0.3) is 5.56 Å². The largest absolute Gasteiger partial charge is 0.338 e. The highest BCUT2D eigenvalue weighted by atomic mass is 79.9. The van der Waals surface area contributed by atoms with Gasteiger partial charge in [-0.05, 0) is 38.5 Å². The summed E-state index contributed by atoms with van der Waals surface area (Å²) in [5, 5.41) is 1.02. The van der Waals surface area contributed by atoms with Gasteiger partial charge in [-0.25, -0.2) is 13.4 Å². The summed E-state index contributed by atoms with van der Waals surface area (Å²) >= 11 is 4.59. The van der Waals surface area contributed by atoms with E-state index in [-0.39, 0.29) is 34.8 Å². The van der Waals surface area contributed by atoms with Crippen LogP contribution in [0.1, 0.15) is 20.3 Å². The minimum atomic E-state index is -3.06. The molecule has 2 aromatic rings. The standard InChI is InChI=1S/C18H22BrN3O4S2/c1-3-21(13-7-8-28(25,26)11-13)16(23)10-27-18-20-15-6-5-12(19)9-14(15)17(24)22(18)4-2/h5-6,9,13H,3-4,7-8,10-11H2,1-2H3. The number of benzene rings is 1. The maximum Gasteiger partial charge on any atom is 0.262 e. The van der Waals surface area contributed by atoms with Crippen LogP contribution in [0, 0.1) is 0 Å². The number of sulfone groups is 1. The number of aromatic nitrogens is 2. The lowest BCUT2D eigenvalue weighted by atomic mass is 10.2. The van der Waals surface area contributed by atoms with Crippen molar-refractivity contribution in [3.05, 3.63) is 33.0 Å². The molecule has 1 fully saturated rings. The second-order valence-corrected chi connectivity index (χ2v) is 10.7. The molecule has 1 amide bonds. The lowest BCUT2D eigenvalue weighted by Gasteiger charge is -2.26. The molecule has 0 N–H and O–H groups in total. The molecule has 1 aliphatic heterocycles. The molecule has 28 heavy (non-hydrogen) atoms. The zero-order chi connectivity index (χ0) is 20.5. The Balaban J connectivity index is 1.81. The van der Waals surface area contributed by atoms with E-state index in [0.717, 1.165) is 4.47 Å².